The van der Waals surface area contributed by atoms with Crippen molar-refractivity contribution >= 4 is 11.7 Å². The minimum absolute atomic E-state index is 0.0266. The maximum absolute atomic E-state index is 12.9. The molecule has 1 aliphatic rings. The molecule has 0 aromatic carbocycles. The van der Waals surface area contributed by atoms with E-state index in [1.165, 1.54) is 0 Å². The molecule has 0 atom stereocenters. The van der Waals surface area contributed by atoms with Crippen LogP contribution in [0.3, 0.4) is 0 Å². The molecule has 1 aliphatic carbocycles. The molecule has 0 bridgehead atoms. The second-order valence-corrected chi connectivity index (χ2v) is 5.76. The van der Waals surface area contributed by atoms with Crippen LogP contribution in [0.2, 0.25) is 0 Å². The molecule has 2 rings (SSSR count). The molecule has 21 heavy (non-hydrogen) atoms. The lowest BCUT2D eigenvalue weighted by atomic mass is 9.61. The summed E-state index contributed by atoms with van der Waals surface area (Å²) in [5.41, 5.74) is 5.98. The van der Waals surface area contributed by atoms with E-state index in [9.17, 15) is 4.79 Å². The van der Waals surface area contributed by atoms with Crippen LogP contribution in [0.15, 0.2) is 29.7 Å². The molecule has 3 N–H and O–H groups in total. The summed E-state index contributed by atoms with van der Waals surface area (Å²) < 4.78 is 0. The van der Waals surface area contributed by atoms with Crippen LogP contribution in [-0.4, -0.2) is 33.4 Å². The SMILES string of the molecule is CCN(Cc1ccncc1)C(=O)C1(/C(N)=N/O)CC(C)C1. The highest BCUT2D eigenvalue weighted by Gasteiger charge is 2.53. The third-order valence-corrected chi connectivity index (χ3v) is 4.19. The second-order valence-electron chi connectivity index (χ2n) is 5.76. The molecule has 6 nitrogen and oxygen atoms in total. The number of pyridine rings is 1. The fraction of sp³-hybridized carbons (Fsp3) is 0.533. The van der Waals surface area contributed by atoms with Crippen molar-refractivity contribution in [3.8, 4) is 0 Å². The Kier molecular flexibility index (Phi) is 4.45. The quantitative estimate of drug-likeness (QED) is 0.373. The molecule has 0 unspecified atom stereocenters. The maximum atomic E-state index is 12.9. The van der Waals surface area contributed by atoms with E-state index in [-0.39, 0.29) is 11.7 Å². The van der Waals surface area contributed by atoms with Crippen LogP contribution in [0, 0.1) is 11.3 Å². The topological polar surface area (TPSA) is 91.8 Å². The molecule has 0 radical (unpaired) electrons. The Hall–Kier alpha value is -2.11. The van der Waals surface area contributed by atoms with Gasteiger partial charge in [-0.05, 0) is 43.4 Å². The molecule has 1 amide bonds. The third kappa shape index (κ3) is 2.84. The fourth-order valence-corrected chi connectivity index (χ4v) is 3.06. The number of amidine groups is 1. The van der Waals surface area contributed by atoms with Crippen molar-refractivity contribution < 1.29 is 10.0 Å². The first-order valence-electron chi connectivity index (χ1n) is 7.19. The molecule has 0 aliphatic heterocycles. The van der Waals surface area contributed by atoms with E-state index in [1.807, 2.05) is 19.1 Å². The largest absolute Gasteiger partial charge is 0.409 e. The molecule has 1 aromatic heterocycles. The molecule has 6 heteroatoms. The zero-order chi connectivity index (χ0) is 15.5. The molecular weight excluding hydrogens is 268 g/mol. The van der Waals surface area contributed by atoms with Crippen LogP contribution in [0.4, 0.5) is 0 Å². The van der Waals surface area contributed by atoms with Gasteiger partial charge in [-0.15, -0.1) is 0 Å². The number of carbonyl (C=O) groups excluding carboxylic acids is 1. The lowest BCUT2D eigenvalue weighted by molar-refractivity contribution is -0.144. The maximum Gasteiger partial charge on any atom is 0.236 e. The van der Waals surface area contributed by atoms with Crippen molar-refractivity contribution in [1.82, 2.24) is 9.88 Å². The molecule has 114 valence electrons. The van der Waals surface area contributed by atoms with Crippen molar-refractivity contribution in [1.29, 1.82) is 0 Å². The van der Waals surface area contributed by atoms with Crippen molar-refractivity contribution in [2.75, 3.05) is 6.54 Å². The van der Waals surface area contributed by atoms with E-state index in [1.54, 1.807) is 17.3 Å². The lowest BCUT2D eigenvalue weighted by Gasteiger charge is -2.46. The highest BCUT2D eigenvalue weighted by Crippen LogP contribution is 2.47. The summed E-state index contributed by atoms with van der Waals surface area (Å²) in [6.07, 6.45) is 4.68. The molecule has 1 saturated carbocycles. The number of rotatable bonds is 5. The van der Waals surface area contributed by atoms with Crippen LogP contribution in [0.1, 0.15) is 32.3 Å². The van der Waals surface area contributed by atoms with Gasteiger partial charge in [-0.3, -0.25) is 9.78 Å². The zero-order valence-corrected chi connectivity index (χ0v) is 12.5. The third-order valence-electron chi connectivity index (χ3n) is 4.19. The summed E-state index contributed by atoms with van der Waals surface area (Å²) in [5.74, 6) is 0.378. The number of aromatic nitrogens is 1. The minimum Gasteiger partial charge on any atom is -0.409 e. The van der Waals surface area contributed by atoms with Crippen molar-refractivity contribution in [2.24, 2.45) is 22.2 Å². The van der Waals surface area contributed by atoms with Gasteiger partial charge in [0.2, 0.25) is 5.91 Å². The summed E-state index contributed by atoms with van der Waals surface area (Å²) in [6, 6.07) is 3.77. The van der Waals surface area contributed by atoms with Crippen molar-refractivity contribution in [3.05, 3.63) is 30.1 Å². The van der Waals surface area contributed by atoms with Gasteiger partial charge in [0.15, 0.2) is 5.84 Å². The molecule has 1 fully saturated rings. The average Bonchev–Trinajstić information content (AvgIpc) is 2.48. The number of nitrogens with two attached hydrogens (primary N) is 1. The average molecular weight is 290 g/mol. The van der Waals surface area contributed by atoms with E-state index in [0.717, 1.165) is 5.56 Å². The van der Waals surface area contributed by atoms with Gasteiger partial charge in [-0.2, -0.15) is 0 Å². The normalized spacial score (nSPS) is 25.2. The molecule has 0 spiro atoms. The lowest BCUT2D eigenvalue weighted by Crippen LogP contribution is -2.57. The van der Waals surface area contributed by atoms with Gasteiger partial charge >= 0.3 is 0 Å². The fourth-order valence-electron chi connectivity index (χ4n) is 3.06. The number of hydrogen-bond acceptors (Lipinski definition) is 4. The van der Waals surface area contributed by atoms with Crippen molar-refractivity contribution in [3.63, 3.8) is 0 Å². The summed E-state index contributed by atoms with van der Waals surface area (Å²) >= 11 is 0. The summed E-state index contributed by atoms with van der Waals surface area (Å²) in [5, 5.41) is 12.1. The van der Waals surface area contributed by atoms with E-state index < -0.39 is 5.41 Å². The molecule has 1 aromatic rings. The van der Waals surface area contributed by atoms with Gasteiger partial charge in [0.05, 0.1) is 0 Å². The minimum atomic E-state index is -0.836. The van der Waals surface area contributed by atoms with Gasteiger partial charge in [0.1, 0.15) is 5.41 Å². The summed E-state index contributed by atoms with van der Waals surface area (Å²) in [6.45, 7) is 5.08. The van der Waals surface area contributed by atoms with Crippen LogP contribution in [-0.2, 0) is 11.3 Å². The van der Waals surface area contributed by atoms with Gasteiger partial charge < -0.3 is 15.8 Å². The van der Waals surface area contributed by atoms with Crippen LogP contribution in [0.5, 0.6) is 0 Å². The molecule has 0 saturated heterocycles. The Morgan fingerprint density at radius 1 is 1.52 bits per heavy atom. The zero-order valence-electron chi connectivity index (χ0n) is 12.5. The number of hydrogen-bond donors (Lipinski definition) is 2. The first kappa shape index (κ1) is 15.3. The molecular formula is C15H22N4O2. The highest BCUT2D eigenvalue weighted by molar-refractivity contribution is 6.07. The number of carbonyl (C=O) groups is 1. The van der Waals surface area contributed by atoms with Crippen LogP contribution in [0.25, 0.3) is 0 Å². The Labute approximate surface area is 124 Å². The van der Waals surface area contributed by atoms with E-state index >= 15 is 0 Å². The van der Waals surface area contributed by atoms with E-state index in [2.05, 4.69) is 17.1 Å². The van der Waals surface area contributed by atoms with Gasteiger partial charge in [-0.1, -0.05) is 12.1 Å². The second kappa shape index (κ2) is 6.11. The predicted molar refractivity (Wildman–Crippen MR) is 79.6 cm³/mol. The Bertz CT molecular complexity index is 524. The number of oxime groups is 1. The van der Waals surface area contributed by atoms with Gasteiger partial charge in [0.25, 0.3) is 0 Å². The first-order valence-corrected chi connectivity index (χ1v) is 7.19. The van der Waals surface area contributed by atoms with Crippen LogP contribution < -0.4 is 5.73 Å². The monoisotopic (exact) mass is 290 g/mol. The number of amides is 1. The number of nitrogens with zero attached hydrogens (tertiary/aromatic N) is 3. The van der Waals surface area contributed by atoms with Gasteiger partial charge in [0, 0.05) is 25.5 Å². The van der Waals surface area contributed by atoms with E-state index in [0.29, 0.717) is 31.8 Å². The van der Waals surface area contributed by atoms with Crippen LogP contribution >= 0.6 is 0 Å². The smallest absolute Gasteiger partial charge is 0.236 e. The summed E-state index contributed by atoms with van der Waals surface area (Å²) in [4.78, 5) is 18.6. The Morgan fingerprint density at radius 2 is 2.14 bits per heavy atom. The standard InChI is InChI=1S/C15H22N4O2/c1-3-19(10-12-4-6-17-7-5-12)14(20)15(13(16)18-21)8-11(2)9-15/h4-7,11,21H,3,8-10H2,1-2H3,(H2,16,18). The van der Waals surface area contributed by atoms with E-state index in [4.69, 9.17) is 10.9 Å². The first-order chi connectivity index (χ1) is 10.0. The Morgan fingerprint density at radius 3 is 2.62 bits per heavy atom. The summed E-state index contributed by atoms with van der Waals surface area (Å²) in [7, 11) is 0. The van der Waals surface area contributed by atoms with Crippen molar-refractivity contribution in [2.45, 2.75) is 33.2 Å². The van der Waals surface area contributed by atoms with Gasteiger partial charge in [-0.25, -0.2) is 0 Å². The molecule has 1 heterocycles. The highest BCUT2D eigenvalue weighted by atomic mass is 16.4. The predicted octanol–water partition coefficient (Wildman–Crippen LogP) is 1.59. The Balaban J connectivity index is 2.19.